The molecule has 4 nitrogen and oxygen atoms in total. The normalized spacial score (nSPS) is 11.0. The van der Waals surface area contributed by atoms with Crippen LogP contribution in [0.15, 0.2) is 30.5 Å². The summed E-state index contributed by atoms with van der Waals surface area (Å²) in [5.41, 5.74) is 10.2. The third-order valence-electron chi connectivity index (χ3n) is 3.53. The quantitative estimate of drug-likeness (QED) is 0.732. The predicted octanol–water partition coefficient (Wildman–Crippen LogP) is 3.28. The summed E-state index contributed by atoms with van der Waals surface area (Å²) < 4.78 is 13.2. The topological polar surface area (TPSA) is 64.7 Å². The van der Waals surface area contributed by atoms with E-state index in [1.165, 1.54) is 6.20 Å². The van der Waals surface area contributed by atoms with E-state index in [-0.39, 0.29) is 0 Å². The van der Waals surface area contributed by atoms with Crippen LogP contribution in [0.2, 0.25) is 0 Å². The van der Waals surface area contributed by atoms with Crippen LogP contribution in [-0.4, -0.2) is 15.0 Å². The van der Waals surface area contributed by atoms with Crippen LogP contribution in [0.5, 0.6) is 0 Å². The Morgan fingerprint density at radius 2 is 2.00 bits per heavy atom. The van der Waals surface area contributed by atoms with Crippen molar-refractivity contribution >= 4 is 16.7 Å². The van der Waals surface area contributed by atoms with Crippen molar-refractivity contribution in [1.29, 1.82) is 0 Å². The Balaban J connectivity index is 2.26. The molecule has 1 aromatic carbocycles. The van der Waals surface area contributed by atoms with E-state index in [2.05, 4.69) is 15.0 Å². The summed E-state index contributed by atoms with van der Waals surface area (Å²) in [7, 11) is 0. The molecular weight excluding hydrogens is 267 g/mol. The van der Waals surface area contributed by atoms with Gasteiger partial charge in [-0.15, -0.1) is 0 Å². The van der Waals surface area contributed by atoms with Gasteiger partial charge in [0, 0.05) is 22.8 Å². The lowest BCUT2D eigenvalue weighted by molar-refractivity contribution is 0.544. The van der Waals surface area contributed by atoms with E-state index in [0.29, 0.717) is 11.3 Å². The summed E-state index contributed by atoms with van der Waals surface area (Å²) in [6, 6.07) is 7.70. The summed E-state index contributed by atoms with van der Waals surface area (Å²) >= 11 is 0. The predicted molar refractivity (Wildman–Crippen MR) is 81.3 cm³/mol. The zero-order chi connectivity index (χ0) is 15.0. The number of fused-ring (bicyclic) bond motifs is 1. The van der Waals surface area contributed by atoms with Crippen LogP contribution in [0.1, 0.15) is 18.2 Å². The molecule has 0 spiro atoms. The van der Waals surface area contributed by atoms with E-state index in [0.717, 1.165) is 34.2 Å². The second-order valence-corrected chi connectivity index (χ2v) is 4.93. The van der Waals surface area contributed by atoms with E-state index < -0.39 is 6.08 Å². The number of anilines is 1. The van der Waals surface area contributed by atoms with Gasteiger partial charge in [-0.1, -0.05) is 6.92 Å². The summed E-state index contributed by atoms with van der Waals surface area (Å²) in [5, 5.41) is 0.821. The fourth-order valence-corrected chi connectivity index (χ4v) is 2.51. The Labute approximate surface area is 121 Å². The number of aromatic nitrogens is 3. The molecular formula is C16H15FN4. The van der Waals surface area contributed by atoms with E-state index >= 15 is 0 Å². The monoisotopic (exact) mass is 282 g/mol. The molecule has 0 saturated carbocycles. The van der Waals surface area contributed by atoms with Gasteiger partial charge in [0.1, 0.15) is 5.82 Å². The number of pyridine rings is 1. The number of hydrogen-bond donors (Lipinski definition) is 1. The highest BCUT2D eigenvalue weighted by atomic mass is 19.1. The van der Waals surface area contributed by atoms with Gasteiger partial charge in [0.15, 0.2) is 0 Å². The standard InChI is InChI=1S/C16H15FN4/c1-3-10-6-11(13-4-5-14(18)20-9(13)2)7-12-8-19-16(17)21-15(10)12/h4-8H,3H2,1-2H3,(H2,18,20). The first-order chi connectivity index (χ1) is 10.1. The van der Waals surface area contributed by atoms with Crippen LogP contribution in [0, 0.1) is 13.0 Å². The highest BCUT2D eigenvalue weighted by Gasteiger charge is 2.10. The first kappa shape index (κ1) is 13.4. The van der Waals surface area contributed by atoms with Crippen molar-refractivity contribution in [3.05, 3.63) is 47.8 Å². The second kappa shape index (κ2) is 5.09. The van der Waals surface area contributed by atoms with Crippen LogP contribution in [0.4, 0.5) is 10.2 Å². The van der Waals surface area contributed by atoms with E-state index in [1.807, 2.05) is 32.0 Å². The van der Waals surface area contributed by atoms with Crippen LogP contribution in [0.3, 0.4) is 0 Å². The van der Waals surface area contributed by atoms with E-state index in [1.54, 1.807) is 6.07 Å². The van der Waals surface area contributed by atoms with E-state index in [4.69, 9.17) is 5.73 Å². The molecule has 0 atom stereocenters. The zero-order valence-corrected chi connectivity index (χ0v) is 11.9. The molecule has 0 fully saturated rings. The molecule has 0 saturated heterocycles. The molecule has 106 valence electrons. The minimum atomic E-state index is -0.699. The average molecular weight is 282 g/mol. The SMILES string of the molecule is CCc1cc(-c2ccc(N)nc2C)cc2cnc(F)nc12. The van der Waals surface area contributed by atoms with Gasteiger partial charge in [-0.25, -0.2) is 15.0 Å². The van der Waals surface area contributed by atoms with Gasteiger partial charge in [0.05, 0.1) is 5.52 Å². The minimum absolute atomic E-state index is 0.498. The highest BCUT2D eigenvalue weighted by molar-refractivity contribution is 5.87. The Bertz CT molecular complexity index is 830. The maximum atomic E-state index is 13.2. The molecule has 2 N–H and O–H groups in total. The molecule has 3 aromatic rings. The molecule has 2 heterocycles. The fraction of sp³-hybridized carbons (Fsp3) is 0.188. The van der Waals surface area contributed by atoms with Gasteiger partial charge in [-0.2, -0.15) is 4.39 Å². The lowest BCUT2D eigenvalue weighted by Gasteiger charge is -2.10. The van der Waals surface area contributed by atoms with Gasteiger partial charge < -0.3 is 5.73 Å². The minimum Gasteiger partial charge on any atom is -0.384 e. The molecule has 21 heavy (non-hydrogen) atoms. The number of benzene rings is 1. The molecule has 0 aliphatic heterocycles. The maximum absolute atomic E-state index is 13.2. The Morgan fingerprint density at radius 1 is 1.19 bits per heavy atom. The molecule has 0 unspecified atom stereocenters. The molecule has 0 radical (unpaired) electrons. The molecule has 0 bridgehead atoms. The lowest BCUT2D eigenvalue weighted by Crippen LogP contribution is -1.97. The van der Waals surface area contributed by atoms with Crippen LogP contribution in [-0.2, 0) is 6.42 Å². The van der Waals surface area contributed by atoms with Crippen molar-refractivity contribution in [3.8, 4) is 11.1 Å². The largest absolute Gasteiger partial charge is 0.384 e. The van der Waals surface area contributed by atoms with Crippen molar-refractivity contribution in [3.63, 3.8) is 0 Å². The first-order valence-electron chi connectivity index (χ1n) is 6.77. The van der Waals surface area contributed by atoms with Crippen molar-refractivity contribution in [1.82, 2.24) is 15.0 Å². The Morgan fingerprint density at radius 3 is 2.71 bits per heavy atom. The first-order valence-corrected chi connectivity index (χ1v) is 6.77. The van der Waals surface area contributed by atoms with Gasteiger partial charge in [-0.05, 0) is 48.7 Å². The molecule has 0 amide bonds. The smallest absolute Gasteiger partial charge is 0.309 e. The van der Waals surface area contributed by atoms with Crippen molar-refractivity contribution in [2.24, 2.45) is 0 Å². The van der Waals surface area contributed by atoms with Crippen LogP contribution < -0.4 is 5.73 Å². The molecule has 3 rings (SSSR count). The zero-order valence-electron chi connectivity index (χ0n) is 11.9. The molecule has 5 heteroatoms. The number of hydrogen-bond acceptors (Lipinski definition) is 4. The summed E-state index contributed by atoms with van der Waals surface area (Å²) in [4.78, 5) is 11.8. The summed E-state index contributed by atoms with van der Waals surface area (Å²) in [5.74, 6) is 0.498. The van der Waals surface area contributed by atoms with Gasteiger partial charge in [0.2, 0.25) is 0 Å². The number of aryl methyl sites for hydroxylation is 2. The second-order valence-electron chi connectivity index (χ2n) is 4.93. The van der Waals surface area contributed by atoms with Crippen molar-refractivity contribution in [2.45, 2.75) is 20.3 Å². The van der Waals surface area contributed by atoms with Gasteiger partial charge in [-0.3, -0.25) is 0 Å². The van der Waals surface area contributed by atoms with Gasteiger partial charge in [0.25, 0.3) is 0 Å². The highest BCUT2D eigenvalue weighted by Crippen LogP contribution is 2.29. The molecule has 0 aliphatic carbocycles. The fourth-order valence-electron chi connectivity index (χ4n) is 2.51. The number of halogens is 1. The number of nitrogens with zero attached hydrogens (tertiary/aromatic N) is 3. The van der Waals surface area contributed by atoms with E-state index in [9.17, 15) is 4.39 Å². The van der Waals surface area contributed by atoms with Crippen LogP contribution >= 0.6 is 0 Å². The Kier molecular flexibility index (Phi) is 3.25. The number of nitrogen functional groups attached to an aromatic ring is 1. The van der Waals surface area contributed by atoms with Crippen molar-refractivity contribution in [2.75, 3.05) is 5.73 Å². The average Bonchev–Trinajstić information content (AvgIpc) is 2.46. The van der Waals surface area contributed by atoms with Gasteiger partial charge >= 0.3 is 6.08 Å². The maximum Gasteiger partial charge on any atom is 0.309 e. The third-order valence-corrected chi connectivity index (χ3v) is 3.53. The van der Waals surface area contributed by atoms with Crippen LogP contribution in [0.25, 0.3) is 22.0 Å². The molecule has 0 aliphatic rings. The number of nitrogens with two attached hydrogens (primary N) is 1. The summed E-state index contributed by atoms with van der Waals surface area (Å²) in [6.07, 6.45) is 1.58. The Hall–Kier alpha value is -2.56. The summed E-state index contributed by atoms with van der Waals surface area (Å²) in [6.45, 7) is 3.94. The lowest BCUT2D eigenvalue weighted by atomic mass is 9.98. The third kappa shape index (κ3) is 2.42. The van der Waals surface area contributed by atoms with Crippen molar-refractivity contribution < 1.29 is 4.39 Å². The molecule has 2 aromatic heterocycles. The number of rotatable bonds is 2.